The third kappa shape index (κ3) is 5.65. The quantitative estimate of drug-likeness (QED) is 0.213. The third-order valence-electron chi connectivity index (χ3n) is 4.56. The molecule has 0 saturated heterocycles. The molecular weight excluding hydrogens is 501 g/mol. The number of thiazole rings is 1. The average molecular weight is 515 g/mol. The van der Waals surface area contributed by atoms with Crippen molar-refractivity contribution in [1.29, 1.82) is 5.26 Å². The minimum Gasteiger partial charge on any atom is -0.457 e. The molecule has 0 bridgehead atoms. The van der Waals surface area contributed by atoms with Crippen LogP contribution in [0.5, 0.6) is 0 Å². The number of hydrogen-bond acceptors (Lipinski definition) is 5. The summed E-state index contributed by atoms with van der Waals surface area (Å²) in [5.41, 5.74) is 1.54. The van der Waals surface area contributed by atoms with Gasteiger partial charge in [0.25, 0.3) is 5.91 Å². The second-order valence-corrected chi connectivity index (χ2v) is 9.19. The number of carbonyl (C=O) groups is 1. The highest BCUT2D eigenvalue weighted by molar-refractivity contribution is 7.15. The Morgan fingerprint density at radius 2 is 1.97 bits per heavy atom. The summed E-state index contributed by atoms with van der Waals surface area (Å²) in [5.74, 6) is 0.359. The first-order valence-corrected chi connectivity index (χ1v) is 11.5. The van der Waals surface area contributed by atoms with E-state index in [9.17, 15) is 10.1 Å². The van der Waals surface area contributed by atoms with Gasteiger partial charge >= 0.3 is 0 Å². The van der Waals surface area contributed by atoms with E-state index in [0.717, 1.165) is 16.0 Å². The molecule has 1 N–H and O–H groups in total. The molecule has 2 aromatic heterocycles. The molecule has 0 radical (unpaired) electrons. The number of amides is 1. The first-order chi connectivity index (χ1) is 15.9. The van der Waals surface area contributed by atoms with E-state index in [-0.39, 0.29) is 5.57 Å². The molecule has 164 valence electrons. The molecule has 0 spiro atoms. The van der Waals surface area contributed by atoms with Gasteiger partial charge in [-0.2, -0.15) is 5.26 Å². The maximum atomic E-state index is 12.6. The van der Waals surface area contributed by atoms with Crippen LogP contribution in [0.25, 0.3) is 17.4 Å². The molecule has 4 rings (SSSR count). The van der Waals surface area contributed by atoms with Gasteiger partial charge in [0.2, 0.25) is 0 Å². The Kier molecular flexibility index (Phi) is 7.17. The zero-order chi connectivity index (χ0) is 23.4. The Hall–Kier alpha value is -3.08. The number of anilines is 1. The van der Waals surface area contributed by atoms with Gasteiger partial charge in [-0.1, -0.05) is 59.1 Å². The van der Waals surface area contributed by atoms with Crippen molar-refractivity contribution in [3.8, 4) is 17.4 Å². The van der Waals surface area contributed by atoms with Gasteiger partial charge in [-0.3, -0.25) is 10.1 Å². The van der Waals surface area contributed by atoms with Crippen LogP contribution in [0.3, 0.4) is 0 Å². The summed E-state index contributed by atoms with van der Waals surface area (Å²) < 4.78 is 5.75. The van der Waals surface area contributed by atoms with E-state index in [0.29, 0.717) is 38.1 Å². The van der Waals surface area contributed by atoms with E-state index < -0.39 is 5.91 Å². The van der Waals surface area contributed by atoms with E-state index in [1.807, 2.05) is 30.3 Å². The van der Waals surface area contributed by atoms with Crippen molar-refractivity contribution in [3.63, 3.8) is 0 Å². The highest BCUT2D eigenvalue weighted by Gasteiger charge is 2.14. The fourth-order valence-electron chi connectivity index (χ4n) is 3.00. The molecule has 0 aliphatic heterocycles. The van der Waals surface area contributed by atoms with Crippen LogP contribution in [0.4, 0.5) is 5.13 Å². The molecule has 0 aliphatic rings. The summed E-state index contributed by atoms with van der Waals surface area (Å²) in [4.78, 5) is 17.7. The van der Waals surface area contributed by atoms with Crippen molar-refractivity contribution in [2.75, 3.05) is 5.32 Å². The lowest BCUT2D eigenvalue weighted by Gasteiger charge is -2.03. The molecule has 2 aromatic carbocycles. The number of carbonyl (C=O) groups excluding carboxylic acids is 1. The van der Waals surface area contributed by atoms with Gasteiger partial charge in [0.15, 0.2) is 5.13 Å². The van der Waals surface area contributed by atoms with Crippen molar-refractivity contribution in [2.24, 2.45) is 0 Å². The average Bonchev–Trinajstić information content (AvgIpc) is 3.45. The van der Waals surface area contributed by atoms with Crippen LogP contribution in [0.2, 0.25) is 15.1 Å². The number of nitriles is 1. The van der Waals surface area contributed by atoms with E-state index in [4.69, 9.17) is 39.2 Å². The van der Waals surface area contributed by atoms with E-state index >= 15 is 0 Å². The van der Waals surface area contributed by atoms with Gasteiger partial charge in [-0.15, -0.1) is 11.3 Å². The van der Waals surface area contributed by atoms with Gasteiger partial charge < -0.3 is 4.42 Å². The molecule has 2 heterocycles. The molecule has 9 heteroatoms. The van der Waals surface area contributed by atoms with Gasteiger partial charge in [-0.05, 0) is 35.9 Å². The molecular formula is C24H14Cl3N3O2S. The fourth-order valence-corrected chi connectivity index (χ4v) is 4.41. The van der Waals surface area contributed by atoms with Crippen LogP contribution < -0.4 is 5.32 Å². The van der Waals surface area contributed by atoms with Crippen LogP contribution in [-0.4, -0.2) is 10.9 Å². The number of nitrogens with zero attached hydrogens (tertiary/aromatic N) is 2. The Morgan fingerprint density at radius 3 is 2.76 bits per heavy atom. The van der Waals surface area contributed by atoms with Crippen LogP contribution in [0, 0.1) is 11.3 Å². The highest BCUT2D eigenvalue weighted by Crippen LogP contribution is 2.30. The molecule has 33 heavy (non-hydrogen) atoms. The zero-order valence-electron chi connectivity index (χ0n) is 16.8. The Bertz CT molecular complexity index is 1400. The smallest absolute Gasteiger partial charge is 0.268 e. The first kappa shape index (κ1) is 23.1. The minimum absolute atomic E-state index is 0.114. The lowest BCUT2D eigenvalue weighted by Crippen LogP contribution is -2.13. The SMILES string of the molecule is N#CC(=Cc1ccc(-c2cccc(Cl)c2)o1)C(=O)Nc1ncc(Cc2cccc(Cl)c2Cl)s1. The Morgan fingerprint density at radius 1 is 1.15 bits per heavy atom. The number of furan rings is 1. The molecule has 0 unspecified atom stereocenters. The van der Waals surface area contributed by atoms with Gasteiger partial charge in [-0.25, -0.2) is 4.98 Å². The van der Waals surface area contributed by atoms with E-state index in [2.05, 4.69) is 10.3 Å². The maximum absolute atomic E-state index is 12.6. The van der Waals surface area contributed by atoms with Crippen molar-refractivity contribution in [1.82, 2.24) is 4.98 Å². The molecule has 5 nitrogen and oxygen atoms in total. The maximum Gasteiger partial charge on any atom is 0.268 e. The van der Waals surface area contributed by atoms with Gasteiger partial charge in [0.1, 0.15) is 23.2 Å². The number of rotatable bonds is 6. The number of benzene rings is 2. The summed E-state index contributed by atoms with van der Waals surface area (Å²) >= 11 is 19.6. The summed E-state index contributed by atoms with van der Waals surface area (Å²) in [6.45, 7) is 0. The van der Waals surface area contributed by atoms with Gasteiger partial charge in [0.05, 0.1) is 10.0 Å². The van der Waals surface area contributed by atoms with Crippen molar-refractivity contribution in [3.05, 3.63) is 97.6 Å². The first-order valence-electron chi connectivity index (χ1n) is 9.59. The fraction of sp³-hybridized carbons (Fsp3) is 0.0417. The molecule has 0 saturated carbocycles. The molecule has 1 amide bonds. The molecule has 0 fully saturated rings. The molecule has 0 atom stereocenters. The van der Waals surface area contributed by atoms with E-state index in [1.54, 1.807) is 36.5 Å². The van der Waals surface area contributed by atoms with Gasteiger partial charge in [0, 0.05) is 34.2 Å². The largest absolute Gasteiger partial charge is 0.457 e. The van der Waals surface area contributed by atoms with Crippen LogP contribution in [-0.2, 0) is 11.2 Å². The topological polar surface area (TPSA) is 78.9 Å². The van der Waals surface area contributed by atoms with Crippen LogP contribution in [0.15, 0.2) is 70.8 Å². The number of nitrogens with one attached hydrogen (secondary N) is 1. The lowest BCUT2D eigenvalue weighted by atomic mass is 10.1. The lowest BCUT2D eigenvalue weighted by molar-refractivity contribution is -0.112. The normalized spacial score (nSPS) is 11.3. The third-order valence-corrected chi connectivity index (χ3v) is 6.56. The highest BCUT2D eigenvalue weighted by atomic mass is 35.5. The van der Waals surface area contributed by atoms with Crippen molar-refractivity contribution >= 4 is 63.3 Å². The summed E-state index contributed by atoms with van der Waals surface area (Å²) in [5, 5.41) is 14.0. The zero-order valence-corrected chi connectivity index (χ0v) is 19.9. The number of halogens is 3. The standard InChI is InChI=1S/C24H14Cl3N3O2S/c25-17-5-1-3-14(9-17)21-8-7-18(32-21)10-16(12-28)23(31)30-24-29-13-19(33-24)11-15-4-2-6-20(26)22(15)27/h1-10,13H,11H2,(H,29,30,31). The van der Waals surface area contributed by atoms with Crippen LogP contribution in [0.1, 0.15) is 16.2 Å². The molecule has 0 aliphatic carbocycles. The predicted octanol–water partition coefficient (Wildman–Crippen LogP) is 7.50. The van der Waals surface area contributed by atoms with Crippen LogP contribution >= 0.6 is 46.1 Å². The predicted molar refractivity (Wildman–Crippen MR) is 133 cm³/mol. The van der Waals surface area contributed by atoms with Crippen molar-refractivity contribution < 1.29 is 9.21 Å². The number of hydrogen-bond donors (Lipinski definition) is 1. The second kappa shape index (κ2) is 10.2. The Balaban J connectivity index is 1.46. The van der Waals surface area contributed by atoms with Crippen molar-refractivity contribution in [2.45, 2.75) is 6.42 Å². The number of aromatic nitrogens is 1. The Labute approximate surface area is 208 Å². The monoisotopic (exact) mass is 513 g/mol. The minimum atomic E-state index is -0.583. The van der Waals surface area contributed by atoms with E-state index in [1.165, 1.54) is 17.4 Å². The summed E-state index contributed by atoms with van der Waals surface area (Å²) in [6, 6.07) is 17.9. The molecule has 4 aromatic rings. The summed E-state index contributed by atoms with van der Waals surface area (Å²) in [7, 11) is 0. The summed E-state index contributed by atoms with van der Waals surface area (Å²) in [6.07, 6.45) is 3.55. The second-order valence-electron chi connectivity index (χ2n) is 6.86.